The largest absolute Gasteiger partial charge is 0.465 e. The summed E-state index contributed by atoms with van der Waals surface area (Å²) in [6, 6.07) is -0.107. The van der Waals surface area contributed by atoms with E-state index in [4.69, 9.17) is 4.74 Å². The quantitative estimate of drug-likeness (QED) is 0.567. The fraction of sp³-hybridized carbons (Fsp3) is 0.708. The maximum atomic E-state index is 13.4. The molecule has 0 aliphatic carbocycles. The van der Waals surface area contributed by atoms with Gasteiger partial charge in [0.15, 0.2) is 0 Å². The van der Waals surface area contributed by atoms with Crippen molar-refractivity contribution in [2.24, 2.45) is 5.92 Å². The van der Waals surface area contributed by atoms with Crippen LogP contribution in [0.1, 0.15) is 98.6 Å². The van der Waals surface area contributed by atoms with Gasteiger partial charge in [0, 0.05) is 31.6 Å². The molecule has 0 N–H and O–H groups in total. The molecule has 1 aliphatic rings. The minimum atomic E-state index is -0.611. The van der Waals surface area contributed by atoms with Crippen LogP contribution in [0.25, 0.3) is 0 Å². The number of hydrogen-bond donors (Lipinski definition) is 0. The highest BCUT2D eigenvalue weighted by Crippen LogP contribution is 2.24. The smallest absolute Gasteiger partial charge is 0.342 e. The minimum absolute atomic E-state index is 0.0312. The van der Waals surface area contributed by atoms with Crippen molar-refractivity contribution < 1.29 is 19.1 Å². The van der Waals surface area contributed by atoms with Crippen LogP contribution in [0.15, 0.2) is 0 Å². The van der Waals surface area contributed by atoms with Crippen LogP contribution in [0.4, 0.5) is 0 Å². The van der Waals surface area contributed by atoms with Crippen molar-refractivity contribution in [1.82, 2.24) is 19.8 Å². The second-order valence-electron chi connectivity index (χ2n) is 8.91. The monoisotopic (exact) mass is 446 g/mol. The van der Waals surface area contributed by atoms with Crippen LogP contribution in [0.5, 0.6) is 0 Å². The third kappa shape index (κ3) is 5.64. The maximum absolute atomic E-state index is 13.4. The van der Waals surface area contributed by atoms with Gasteiger partial charge in [0.2, 0.25) is 5.91 Å². The summed E-state index contributed by atoms with van der Waals surface area (Å²) < 4.78 is 4.94. The number of carbonyl (C=O) groups is 3. The first-order chi connectivity index (χ1) is 15.2. The topological polar surface area (TPSA) is 92.7 Å². The summed E-state index contributed by atoms with van der Waals surface area (Å²) in [5, 5.41) is 0. The van der Waals surface area contributed by atoms with E-state index < -0.39 is 5.97 Å². The van der Waals surface area contributed by atoms with Gasteiger partial charge in [-0.25, -0.2) is 14.8 Å². The number of methoxy groups -OCH3 is 1. The van der Waals surface area contributed by atoms with E-state index in [9.17, 15) is 14.4 Å². The molecule has 1 aromatic rings. The van der Waals surface area contributed by atoms with E-state index in [0.717, 1.165) is 25.7 Å². The van der Waals surface area contributed by atoms with Crippen molar-refractivity contribution in [3.63, 3.8) is 0 Å². The standard InChI is InChI=1S/C24H38N4O4/c1-8-10-11-18(9-2)22(29)28-13-12-27(14-16(28)5)23(30)21-19(24(31)32-7)20(15(3)4)25-17(6)26-21/h15-16,18H,8-14H2,1-7H3. The summed E-state index contributed by atoms with van der Waals surface area (Å²) in [6.07, 6.45) is 3.84. The van der Waals surface area contributed by atoms with Crippen LogP contribution in [-0.2, 0) is 9.53 Å². The zero-order valence-corrected chi connectivity index (χ0v) is 20.6. The van der Waals surface area contributed by atoms with Crippen LogP contribution >= 0.6 is 0 Å². The fourth-order valence-corrected chi connectivity index (χ4v) is 4.28. The number of esters is 1. The Balaban J connectivity index is 2.26. The molecule has 0 spiro atoms. The SMILES string of the molecule is CCCCC(CC)C(=O)N1CCN(C(=O)c2nc(C)nc(C(C)C)c2C(=O)OC)CC1C. The average Bonchev–Trinajstić information content (AvgIpc) is 2.77. The Morgan fingerprint density at radius 2 is 1.84 bits per heavy atom. The van der Waals surface area contributed by atoms with E-state index in [2.05, 4.69) is 23.8 Å². The molecule has 1 aromatic heterocycles. The first kappa shape index (κ1) is 25.7. The number of nitrogens with zero attached hydrogens (tertiary/aromatic N) is 4. The molecule has 2 atom stereocenters. The molecule has 0 radical (unpaired) electrons. The molecule has 2 amide bonds. The number of unbranched alkanes of at least 4 members (excludes halogenated alkanes) is 1. The molecule has 2 rings (SSSR count). The van der Waals surface area contributed by atoms with Crippen molar-refractivity contribution >= 4 is 17.8 Å². The van der Waals surface area contributed by atoms with Crippen molar-refractivity contribution in [1.29, 1.82) is 0 Å². The lowest BCUT2D eigenvalue weighted by Gasteiger charge is -2.41. The zero-order valence-electron chi connectivity index (χ0n) is 20.6. The highest BCUT2D eigenvalue weighted by atomic mass is 16.5. The molecule has 32 heavy (non-hydrogen) atoms. The summed E-state index contributed by atoms with van der Waals surface area (Å²) in [7, 11) is 1.29. The first-order valence-electron chi connectivity index (χ1n) is 11.7. The van der Waals surface area contributed by atoms with Gasteiger partial charge >= 0.3 is 5.97 Å². The van der Waals surface area contributed by atoms with Crippen molar-refractivity contribution in [3.8, 4) is 0 Å². The molecule has 0 saturated carbocycles. The van der Waals surface area contributed by atoms with Gasteiger partial charge in [0.1, 0.15) is 17.1 Å². The Bertz CT molecular complexity index is 840. The highest BCUT2D eigenvalue weighted by molar-refractivity contribution is 6.04. The van der Waals surface area contributed by atoms with Gasteiger partial charge < -0.3 is 14.5 Å². The number of ether oxygens (including phenoxy) is 1. The molecule has 0 aromatic carbocycles. The van der Waals surface area contributed by atoms with E-state index in [-0.39, 0.29) is 40.9 Å². The van der Waals surface area contributed by atoms with Crippen LogP contribution in [0.3, 0.4) is 0 Å². The first-order valence-corrected chi connectivity index (χ1v) is 11.7. The summed E-state index contributed by atoms with van der Waals surface area (Å²) in [5.74, 6) is -0.358. The van der Waals surface area contributed by atoms with Crippen LogP contribution < -0.4 is 0 Å². The average molecular weight is 447 g/mol. The Labute approximate surface area is 191 Å². The number of aromatic nitrogens is 2. The third-order valence-corrected chi connectivity index (χ3v) is 6.13. The zero-order chi connectivity index (χ0) is 24.0. The van der Waals surface area contributed by atoms with E-state index in [1.807, 2.05) is 25.7 Å². The van der Waals surface area contributed by atoms with Gasteiger partial charge in [-0.1, -0.05) is 40.5 Å². The van der Waals surface area contributed by atoms with Gasteiger partial charge in [-0.3, -0.25) is 9.59 Å². The Kier molecular flexibility index (Phi) is 9.16. The Morgan fingerprint density at radius 3 is 2.38 bits per heavy atom. The van der Waals surface area contributed by atoms with Gasteiger partial charge in [-0.2, -0.15) is 0 Å². The van der Waals surface area contributed by atoms with E-state index >= 15 is 0 Å². The van der Waals surface area contributed by atoms with Crippen molar-refractivity contribution in [2.75, 3.05) is 26.7 Å². The number of hydrogen-bond acceptors (Lipinski definition) is 6. The van der Waals surface area contributed by atoms with Crippen LogP contribution in [0.2, 0.25) is 0 Å². The van der Waals surface area contributed by atoms with Gasteiger partial charge in [0.25, 0.3) is 5.91 Å². The van der Waals surface area contributed by atoms with E-state index in [1.165, 1.54) is 7.11 Å². The van der Waals surface area contributed by atoms with Crippen LogP contribution in [-0.4, -0.2) is 70.3 Å². The van der Waals surface area contributed by atoms with Crippen molar-refractivity contribution in [3.05, 3.63) is 22.8 Å². The summed E-state index contributed by atoms with van der Waals surface area (Å²) in [5.41, 5.74) is 0.723. The molecule has 1 saturated heterocycles. The molecule has 2 unspecified atom stereocenters. The van der Waals surface area contributed by atoms with Crippen molar-refractivity contribution in [2.45, 2.75) is 79.2 Å². The normalized spacial score (nSPS) is 17.4. The number of piperazine rings is 1. The fourth-order valence-electron chi connectivity index (χ4n) is 4.28. The predicted octanol–water partition coefficient (Wildman–Crippen LogP) is 3.58. The lowest BCUT2D eigenvalue weighted by molar-refractivity contribution is -0.140. The Hall–Kier alpha value is -2.51. The molecule has 8 nitrogen and oxygen atoms in total. The second-order valence-corrected chi connectivity index (χ2v) is 8.91. The molecule has 2 heterocycles. The molecular formula is C24H38N4O4. The highest BCUT2D eigenvalue weighted by Gasteiger charge is 2.35. The van der Waals surface area contributed by atoms with Gasteiger partial charge in [0.05, 0.1) is 12.8 Å². The van der Waals surface area contributed by atoms with Gasteiger partial charge in [-0.05, 0) is 32.6 Å². The minimum Gasteiger partial charge on any atom is -0.465 e. The lowest BCUT2D eigenvalue weighted by atomic mass is 9.96. The number of amides is 2. The second kappa shape index (κ2) is 11.4. The lowest BCUT2D eigenvalue weighted by Crippen LogP contribution is -2.56. The summed E-state index contributed by atoms with van der Waals surface area (Å²) in [4.78, 5) is 51.4. The molecule has 0 bridgehead atoms. The summed E-state index contributed by atoms with van der Waals surface area (Å²) in [6.45, 7) is 13.0. The third-order valence-electron chi connectivity index (χ3n) is 6.13. The molecule has 1 fully saturated rings. The van der Waals surface area contributed by atoms with Gasteiger partial charge in [-0.15, -0.1) is 0 Å². The predicted molar refractivity (Wildman–Crippen MR) is 123 cm³/mol. The number of rotatable bonds is 8. The molecule has 178 valence electrons. The van der Waals surface area contributed by atoms with E-state index in [1.54, 1.807) is 11.8 Å². The number of carbonyl (C=O) groups excluding carboxylic acids is 3. The number of aryl methyl sites for hydroxylation is 1. The molecule has 8 heteroatoms. The Morgan fingerprint density at radius 1 is 1.16 bits per heavy atom. The van der Waals surface area contributed by atoms with Crippen LogP contribution in [0, 0.1) is 12.8 Å². The summed E-state index contributed by atoms with van der Waals surface area (Å²) >= 11 is 0. The molecule has 1 aliphatic heterocycles. The maximum Gasteiger partial charge on any atom is 0.342 e. The molecular weight excluding hydrogens is 408 g/mol. The van der Waals surface area contributed by atoms with E-state index in [0.29, 0.717) is 31.2 Å².